The van der Waals surface area contributed by atoms with Crippen molar-refractivity contribution in [3.05, 3.63) is 89.8 Å². The van der Waals surface area contributed by atoms with Gasteiger partial charge in [0, 0.05) is 30.4 Å². The Labute approximate surface area is 263 Å². The molecule has 0 atom stereocenters. The van der Waals surface area contributed by atoms with E-state index in [0.717, 1.165) is 57.1 Å². The summed E-state index contributed by atoms with van der Waals surface area (Å²) in [6.07, 6.45) is 3.66. The number of hydrogen-bond donors (Lipinski definition) is 0. The molecule has 7 nitrogen and oxygen atoms in total. The molecule has 3 aromatic heterocycles. The quantitative estimate of drug-likeness (QED) is 0.190. The van der Waals surface area contributed by atoms with Crippen molar-refractivity contribution in [2.24, 2.45) is 5.41 Å². The van der Waals surface area contributed by atoms with E-state index in [4.69, 9.17) is 4.74 Å². The Kier molecular flexibility index (Phi) is 8.99. The van der Waals surface area contributed by atoms with Gasteiger partial charge in [-0.2, -0.15) is 23.4 Å². The topological polar surface area (TPSA) is 67.3 Å². The standard InChI is InChI=1S/C34H33F5N6O/c1-2-44-18-13-33(14-19-44)12-5-17-45(22-33)31-23(20-26(36)28-8-3-7-27(43-28)24-11-16-41-42-21-24)9-10-29(30(31)34(37,38)39)46-32-25(35)6-4-15-40-32/h3-4,6-11,15-16,20-21H,2,5,12-14,17-19,22H2,1H3/b26-20-. The predicted octanol–water partition coefficient (Wildman–Crippen LogP) is 8.05. The lowest BCUT2D eigenvalue weighted by atomic mass is 9.72. The van der Waals surface area contributed by atoms with Crippen LogP contribution in [0.5, 0.6) is 11.6 Å². The Morgan fingerprint density at radius 1 is 0.978 bits per heavy atom. The molecule has 0 bridgehead atoms. The highest BCUT2D eigenvalue weighted by Crippen LogP contribution is 2.49. The van der Waals surface area contributed by atoms with Crippen LogP contribution in [0.15, 0.2) is 67.1 Å². The summed E-state index contributed by atoms with van der Waals surface area (Å²) in [5.41, 5.74) is -0.476. The Morgan fingerprint density at radius 3 is 2.52 bits per heavy atom. The first-order chi connectivity index (χ1) is 22.2. The van der Waals surface area contributed by atoms with E-state index in [1.807, 2.05) is 0 Å². The van der Waals surface area contributed by atoms with E-state index in [1.54, 1.807) is 23.1 Å². The van der Waals surface area contributed by atoms with Gasteiger partial charge in [0.05, 0.1) is 29.5 Å². The number of rotatable bonds is 7. The van der Waals surface area contributed by atoms with Crippen LogP contribution in [0.1, 0.15) is 49.4 Å². The maximum Gasteiger partial charge on any atom is 0.422 e. The van der Waals surface area contributed by atoms with Gasteiger partial charge in [0.15, 0.2) is 5.82 Å². The second-order valence-electron chi connectivity index (χ2n) is 11.8. The third-order valence-electron chi connectivity index (χ3n) is 8.88. The van der Waals surface area contributed by atoms with Crippen molar-refractivity contribution in [1.82, 2.24) is 25.1 Å². The van der Waals surface area contributed by atoms with Crippen LogP contribution in [0.3, 0.4) is 0 Å². The highest BCUT2D eigenvalue weighted by atomic mass is 19.4. The van der Waals surface area contributed by atoms with Gasteiger partial charge in [0.1, 0.15) is 17.1 Å². The number of hydrogen-bond acceptors (Lipinski definition) is 7. The van der Waals surface area contributed by atoms with E-state index in [9.17, 15) is 4.39 Å². The molecule has 2 aliphatic heterocycles. The summed E-state index contributed by atoms with van der Waals surface area (Å²) >= 11 is 0. The summed E-state index contributed by atoms with van der Waals surface area (Å²) < 4.78 is 81.3. The van der Waals surface area contributed by atoms with Crippen LogP contribution >= 0.6 is 0 Å². The van der Waals surface area contributed by atoms with Crippen molar-refractivity contribution in [3.63, 3.8) is 0 Å². The molecule has 0 unspecified atom stereocenters. The van der Waals surface area contributed by atoms with Gasteiger partial charge >= 0.3 is 6.18 Å². The third kappa shape index (κ3) is 6.72. The van der Waals surface area contributed by atoms with Gasteiger partial charge in [-0.3, -0.25) is 0 Å². The minimum atomic E-state index is -4.92. The zero-order valence-corrected chi connectivity index (χ0v) is 25.3. The van der Waals surface area contributed by atoms with E-state index in [0.29, 0.717) is 30.8 Å². The lowest BCUT2D eigenvalue weighted by Gasteiger charge is -2.49. The number of anilines is 1. The van der Waals surface area contributed by atoms with E-state index >= 15 is 17.6 Å². The number of nitrogens with zero attached hydrogens (tertiary/aromatic N) is 6. The van der Waals surface area contributed by atoms with Crippen molar-refractivity contribution in [1.29, 1.82) is 0 Å². The number of piperidine rings is 2. The number of benzene rings is 1. The SMILES string of the molecule is CCN1CCC2(CCCN(c3c(/C=C(\F)c4cccc(-c5ccnnc5)n4)ccc(Oc4ncccc4F)c3C(F)(F)F)C2)CC1. The van der Waals surface area contributed by atoms with Crippen LogP contribution in [0.25, 0.3) is 23.2 Å². The van der Waals surface area contributed by atoms with Crippen LogP contribution in [0, 0.1) is 11.2 Å². The molecule has 5 heterocycles. The number of aromatic nitrogens is 4. The van der Waals surface area contributed by atoms with Gasteiger partial charge in [-0.05, 0) is 99.3 Å². The first-order valence-corrected chi connectivity index (χ1v) is 15.3. The van der Waals surface area contributed by atoms with Gasteiger partial charge in [-0.1, -0.05) is 13.0 Å². The van der Waals surface area contributed by atoms with Crippen LogP contribution in [-0.4, -0.2) is 57.8 Å². The van der Waals surface area contributed by atoms with Crippen LogP contribution in [0.4, 0.5) is 27.6 Å². The summed E-state index contributed by atoms with van der Waals surface area (Å²) in [5, 5.41) is 7.58. The lowest BCUT2D eigenvalue weighted by molar-refractivity contribution is -0.138. The highest BCUT2D eigenvalue weighted by molar-refractivity contribution is 5.84. The lowest BCUT2D eigenvalue weighted by Crippen LogP contribution is -2.50. The predicted molar refractivity (Wildman–Crippen MR) is 165 cm³/mol. The van der Waals surface area contributed by atoms with Gasteiger partial charge < -0.3 is 14.5 Å². The number of halogens is 5. The fourth-order valence-corrected chi connectivity index (χ4v) is 6.49. The van der Waals surface area contributed by atoms with Crippen molar-refractivity contribution < 1.29 is 26.7 Å². The van der Waals surface area contributed by atoms with E-state index < -0.39 is 35.0 Å². The van der Waals surface area contributed by atoms with Crippen molar-refractivity contribution >= 4 is 17.6 Å². The Hall–Kier alpha value is -4.45. The molecule has 6 rings (SSSR count). The van der Waals surface area contributed by atoms with E-state index in [-0.39, 0.29) is 22.4 Å². The van der Waals surface area contributed by atoms with Crippen LogP contribution < -0.4 is 9.64 Å². The van der Waals surface area contributed by atoms with E-state index in [2.05, 4.69) is 32.0 Å². The fourth-order valence-electron chi connectivity index (χ4n) is 6.49. The maximum absolute atomic E-state index is 16.0. The van der Waals surface area contributed by atoms with Gasteiger partial charge in [0.25, 0.3) is 5.88 Å². The zero-order valence-electron chi connectivity index (χ0n) is 25.3. The molecule has 1 spiro atoms. The molecule has 2 aliphatic rings. The van der Waals surface area contributed by atoms with Crippen molar-refractivity contribution in [2.45, 2.75) is 38.8 Å². The number of alkyl halides is 3. The molecule has 0 amide bonds. The molecule has 0 radical (unpaired) electrons. The molecule has 0 saturated carbocycles. The summed E-state index contributed by atoms with van der Waals surface area (Å²) in [6, 6.07) is 11.3. The molecule has 240 valence electrons. The second kappa shape index (κ2) is 13.1. The van der Waals surface area contributed by atoms with Gasteiger partial charge in [-0.15, -0.1) is 0 Å². The minimum Gasteiger partial charge on any atom is -0.436 e. The summed E-state index contributed by atoms with van der Waals surface area (Å²) in [5.74, 6) is -2.90. The first kappa shape index (κ1) is 31.5. The van der Waals surface area contributed by atoms with Gasteiger partial charge in [0.2, 0.25) is 0 Å². The van der Waals surface area contributed by atoms with Crippen molar-refractivity contribution in [3.8, 4) is 22.9 Å². The van der Waals surface area contributed by atoms with Gasteiger partial charge in [-0.25, -0.2) is 18.7 Å². The average Bonchev–Trinajstić information content (AvgIpc) is 3.06. The molecule has 0 aliphatic carbocycles. The molecular formula is C34H33F5N6O. The normalized spacial score (nSPS) is 17.3. The summed E-state index contributed by atoms with van der Waals surface area (Å²) in [6.45, 7) is 5.48. The molecule has 4 aromatic rings. The first-order valence-electron chi connectivity index (χ1n) is 15.3. The third-order valence-corrected chi connectivity index (χ3v) is 8.88. The molecule has 2 fully saturated rings. The number of pyridine rings is 2. The maximum atomic E-state index is 16.0. The second-order valence-corrected chi connectivity index (χ2v) is 11.8. The molecule has 2 saturated heterocycles. The zero-order chi connectivity index (χ0) is 32.3. The molecule has 46 heavy (non-hydrogen) atoms. The fraction of sp³-hybridized carbons (Fsp3) is 0.353. The molecular weight excluding hydrogens is 603 g/mol. The largest absolute Gasteiger partial charge is 0.436 e. The summed E-state index contributed by atoms with van der Waals surface area (Å²) in [4.78, 5) is 12.2. The Bertz CT molecular complexity index is 1710. The highest BCUT2D eigenvalue weighted by Gasteiger charge is 2.44. The monoisotopic (exact) mass is 636 g/mol. The number of ether oxygens (including phenoxy) is 1. The van der Waals surface area contributed by atoms with Crippen molar-refractivity contribution in [2.75, 3.05) is 37.6 Å². The van der Waals surface area contributed by atoms with Crippen LogP contribution in [0.2, 0.25) is 0 Å². The number of likely N-dealkylation sites (tertiary alicyclic amines) is 1. The smallest absolute Gasteiger partial charge is 0.422 e. The Morgan fingerprint density at radius 2 is 1.80 bits per heavy atom. The Balaban J connectivity index is 1.46. The average molecular weight is 637 g/mol. The molecule has 1 aromatic carbocycles. The molecule has 0 N–H and O–H groups in total. The molecule has 12 heteroatoms. The minimum absolute atomic E-state index is 0.0134. The van der Waals surface area contributed by atoms with E-state index in [1.165, 1.54) is 36.8 Å². The van der Waals surface area contributed by atoms with Crippen LogP contribution in [-0.2, 0) is 6.18 Å². The summed E-state index contributed by atoms with van der Waals surface area (Å²) in [7, 11) is 0.